The molecule has 200 valence electrons. The van der Waals surface area contributed by atoms with Crippen molar-refractivity contribution in [1.82, 2.24) is 0 Å². The molecular formula is C32H30O5S2. The zero-order valence-electron chi connectivity index (χ0n) is 21.8. The number of aryl methyl sites for hydroxylation is 2. The minimum absolute atomic E-state index is 0.234. The second-order valence-electron chi connectivity index (χ2n) is 9.31. The van der Waals surface area contributed by atoms with Gasteiger partial charge >= 0.3 is 20.2 Å². The van der Waals surface area contributed by atoms with E-state index in [1.54, 1.807) is 36.4 Å². The van der Waals surface area contributed by atoms with Gasteiger partial charge in [-0.1, -0.05) is 108 Å². The van der Waals surface area contributed by atoms with Crippen LogP contribution in [0.15, 0.2) is 132 Å². The Kier molecular flexibility index (Phi) is 8.35. The Labute approximate surface area is 231 Å². The Morgan fingerprint density at radius 2 is 0.949 bits per heavy atom. The van der Waals surface area contributed by atoms with Crippen LogP contribution >= 0.6 is 0 Å². The molecule has 0 aliphatic carbocycles. The van der Waals surface area contributed by atoms with Crippen molar-refractivity contribution in [2.45, 2.75) is 35.5 Å². The fraction of sp³-hybridized carbons (Fsp3) is 0.125. The Hall–Kier alpha value is -3.78. The van der Waals surface area contributed by atoms with Crippen molar-refractivity contribution in [3.8, 4) is 0 Å². The highest BCUT2D eigenvalue weighted by Gasteiger charge is 2.33. The Balaban J connectivity index is 1.81. The molecule has 4 rings (SSSR count). The lowest BCUT2D eigenvalue weighted by atomic mass is 9.90. The van der Waals surface area contributed by atoms with Gasteiger partial charge in [-0.25, -0.2) is 0 Å². The van der Waals surface area contributed by atoms with Gasteiger partial charge in [-0.2, -0.15) is 16.8 Å². The molecule has 0 amide bonds. The fourth-order valence-electron chi connectivity index (χ4n) is 4.67. The molecule has 39 heavy (non-hydrogen) atoms. The summed E-state index contributed by atoms with van der Waals surface area (Å²) in [4.78, 5) is -0.468. The highest BCUT2D eigenvalue weighted by Crippen LogP contribution is 2.36. The number of hydrogen-bond acceptors (Lipinski definition) is 5. The van der Waals surface area contributed by atoms with Crippen molar-refractivity contribution in [3.05, 3.63) is 156 Å². The van der Waals surface area contributed by atoms with Gasteiger partial charge in [0.2, 0.25) is 0 Å². The van der Waals surface area contributed by atoms with Gasteiger partial charge in [-0.3, -0.25) is 0 Å². The maximum atomic E-state index is 13.6. The summed E-state index contributed by atoms with van der Waals surface area (Å²) in [5.41, 5.74) is 4.01. The second-order valence-corrected chi connectivity index (χ2v) is 12.5. The lowest BCUT2D eigenvalue weighted by Gasteiger charge is -2.20. The van der Waals surface area contributed by atoms with Crippen molar-refractivity contribution >= 4 is 20.2 Å². The molecule has 0 saturated heterocycles. The average Bonchev–Trinajstić information content (AvgIpc) is 2.90. The SMILES string of the molecule is C=CC(c1ccccc1)c1cc(C)ccc1S(=O)(=O)OS(=O)(=O)c1ccc(C)cc1C(C=C)c1ccccc1. The largest absolute Gasteiger partial charge is 0.312 e. The first-order valence-corrected chi connectivity index (χ1v) is 15.2. The zero-order valence-corrected chi connectivity index (χ0v) is 23.5. The molecule has 0 aliphatic heterocycles. The van der Waals surface area contributed by atoms with Crippen LogP contribution in [0.2, 0.25) is 0 Å². The van der Waals surface area contributed by atoms with Crippen molar-refractivity contribution in [2.75, 3.05) is 0 Å². The Bertz CT molecular complexity index is 1580. The summed E-state index contributed by atoms with van der Waals surface area (Å²) in [6.07, 6.45) is 3.26. The number of allylic oxidation sites excluding steroid dienone is 2. The molecule has 0 fully saturated rings. The predicted octanol–water partition coefficient (Wildman–Crippen LogP) is 7.03. The first-order valence-electron chi connectivity index (χ1n) is 12.3. The van der Waals surface area contributed by atoms with E-state index in [0.29, 0.717) is 11.1 Å². The molecule has 0 N–H and O–H groups in total. The van der Waals surface area contributed by atoms with Crippen LogP contribution in [0.5, 0.6) is 0 Å². The number of hydrogen-bond donors (Lipinski definition) is 0. The smallest absolute Gasteiger partial charge is 0.193 e. The van der Waals surface area contributed by atoms with E-state index in [1.165, 1.54) is 12.1 Å². The summed E-state index contributed by atoms with van der Waals surface area (Å²) >= 11 is 0. The molecule has 4 aromatic rings. The van der Waals surface area contributed by atoms with Gasteiger partial charge in [-0.15, -0.1) is 16.8 Å². The predicted molar refractivity (Wildman–Crippen MR) is 155 cm³/mol. The molecule has 0 bridgehead atoms. The van der Waals surface area contributed by atoms with Crippen molar-refractivity contribution in [2.24, 2.45) is 0 Å². The molecule has 2 atom stereocenters. The van der Waals surface area contributed by atoms with E-state index in [-0.39, 0.29) is 9.79 Å². The van der Waals surface area contributed by atoms with Crippen LogP contribution in [0.1, 0.15) is 45.2 Å². The summed E-state index contributed by atoms with van der Waals surface area (Å²) in [5.74, 6) is -0.999. The average molecular weight is 559 g/mol. The number of rotatable bonds is 10. The monoisotopic (exact) mass is 558 g/mol. The van der Waals surface area contributed by atoms with Gasteiger partial charge in [0.15, 0.2) is 0 Å². The second kappa shape index (κ2) is 11.5. The van der Waals surface area contributed by atoms with Gasteiger partial charge in [0.25, 0.3) is 0 Å². The molecule has 0 aromatic heterocycles. The summed E-state index contributed by atoms with van der Waals surface area (Å²) in [6, 6.07) is 27.9. The van der Waals surface area contributed by atoms with E-state index in [4.69, 9.17) is 3.63 Å². The van der Waals surface area contributed by atoms with Crippen molar-refractivity contribution < 1.29 is 20.5 Å². The molecule has 0 radical (unpaired) electrons. The van der Waals surface area contributed by atoms with Crippen LogP contribution in [-0.2, 0) is 23.9 Å². The minimum atomic E-state index is -4.76. The summed E-state index contributed by atoms with van der Waals surface area (Å²) in [7, 11) is -9.52. The quantitative estimate of drug-likeness (QED) is 0.195. The minimum Gasteiger partial charge on any atom is -0.193 e. The van der Waals surface area contributed by atoms with Crippen molar-refractivity contribution in [3.63, 3.8) is 0 Å². The Morgan fingerprint density at radius 3 is 1.28 bits per heavy atom. The molecule has 0 saturated carbocycles. The molecule has 0 spiro atoms. The van der Waals surface area contributed by atoms with Crippen LogP contribution in [-0.4, -0.2) is 16.8 Å². The lowest BCUT2D eigenvalue weighted by molar-refractivity contribution is 0.460. The topological polar surface area (TPSA) is 77.5 Å². The molecule has 4 aromatic carbocycles. The third kappa shape index (κ3) is 6.11. The third-order valence-corrected chi connectivity index (χ3v) is 9.76. The van der Waals surface area contributed by atoms with Crippen LogP contribution in [0.25, 0.3) is 0 Å². The van der Waals surface area contributed by atoms with E-state index in [1.807, 2.05) is 74.5 Å². The summed E-state index contributed by atoms with van der Waals surface area (Å²) in [5, 5.41) is 0. The van der Waals surface area contributed by atoms with Crippen LogP contribution in [0.3, 0.4) is 0 Å². The first kappa shape index (κ1) is 28.2. The highest BCUT2D eigenvalue weighted by molar-refractivity contribution is 8.00. The normalized spacial score (nSPS) is 13.4. The summed E-state index contributed by atoms with van der Waals surface area (Å²) < 4.78 is 59.6. The zero-order chi connectivity index (χ0) is 28.2. The van der Waals surface area contributed by atoms with E-state index in [9.17, 15) is 16.8 Å². The van der Waals surface area contributed by atoms with Gasteiger partial charge < -0.3 is 0 Å². The Morgan fingerprint density at radius 1 is 0.590 bits per heavy atom. The maximum absolute atomic E-state index is 13.6. The van der Waals surface area contributed by atoms with Crippen molar-refractivity contribution in [1.29, 1.82) is 0 Å². The molecule has 0 aliphatic rings. The third-order valence-electron chi connectivity index (χ3n) is 6.51. The van der Waals surface area contributed by atoms with Crippen LogP contribution < -0.4 is 0 Å². The fourth-order valence-corrected chi connectivity index (χ4v) is 7.62. The van der Waals surface area contributed by atoms with Gasteiger partial charge in [0, 0.05) is 11.8 Å². The van der Waals surface area contributed by atoms with Gasteiger partial charge in [0.1, 0.15) is 0 Å². The highest BCUT2D eigenvalue weighted by atomic mass is 32.3. The van der Waals surface area contributed by atoms with E-state index < -0.39 is 32.1 Å². The van der Waals surface area contributed by atoms with E-state index in [0.717, 1.165) is 22.3 Å². The standard InChI is InChI=1S/C32H30O5S2/c1-5-27(25-13-9-7-10-14-25)29-21-23(3)17-19-31(29)38(33,34)37-39(35,36)32-20-18-24(4)22-30(32)28(6-2)26-15-11-8-12-16-26/h5-22,27-28H,1-2H2,3-4H3. The van der Waals surface area contributed by atoms with Gasteiger partial charge in [-0.05, 0) is 48.2 Å². The molecule has 7 heteroatoms. The van der Waals surface area contributed by atoms with Crippen LogP contribution in [0.4, 0.5) is 0 Å². The maximum Gasteiger partial charge on any atom is 0.312 e. The van der Waals surface area contributed by atoms with E-state index >= 15 is 0 Å². The first-order chi connectivity index (χ1) is 18.6. The molecule has 2 unspecified atom stereocenters. The van der Waals surface area contributed by atoms with Crippen LogP contribution in [0, 0.1) is 13.8 Å². The molecule has 0 heterocycles. The van der Waals surface area contributed by atoms with Gasteiger partial charge in [0.05, 0.1) is 9.79 Å². The molecule has 5 nitrogen and oxygen atoms in total. The lowest BCUT2D eigenvalue weighted by Crippen LogP contribution is -2.18. The number of benzene rings is 4. The molecular weight excluding hydrogens is 528 g/mol. The van der Waals surface area contributed by atoms with E-state index in [2.05, 4.69) is 13.2 Å². The summed E-state index contributed by atoms with van der Waals surface area (Å²) in [6.45, 7) is 11.5.